The summed E-state index contributed by atoms with van der Waals surface area (Å²) in [6, 6.07) is 17.0. The second kappa shape index (κ2) is 17.8. The smallest absolute Gasteiger partial charge is 0.326 e. The predicted molar refractivity (Wildman–Crippen MR) is 207 cm³/mol. The molecule has 0 aliphatic carbocycles. The summed E-state index contributed by atoms with van der Waals surface area (Å²) in [5, 5.41) is 50.4. The van der Waals surface area contributed by atoms with Gasteiger partial charge in [0.25, 0.3) is 5.91 Å². The fourth-order valence-electron chi connectivity index (χ4n) is 6.49. The number of aliphatic carboxylic acids is 1. The molecule has 1 aliphatic heterocycles. The number of carboxylic acid groups (broad SMARTS) is 1. The molecule has 14 nitrogen and oxygen atoms in total. The molecule has 1 aliphatic rings. The number of unbranched alkanes of at least 4 members (excludes halogenated alkanes) is 1. The summed E-state index contributed by atoms with van der Waals surface area (Å²) in [5.74, 6) is -5.21. The van der Waals surface area contributed by atoms with E-state index < -0.39 is 59.5 Å². The van der Waals surface area contributed by atoms with Gasteiger partial charge in [-0.3, -0.25) is 19.2 Å². The van der Waals surface area contributed by atoms with E-state index in [1.165, 1.54) is 44.3 Å². The molecule has 290 valence electrons. The van der Waals surface area contributed by atoms with Gasteiger partial charge in [-0.2, -0.15) is 5.26 Å². The van der Waals surface area contributed by atoms with Crippen LogP contribution < -0.4 is 21.7 Å². The molecular weight excluding hydrogens is 740 g/mol. The van der Waals surface area contributed by atoms with Crippen LogP contribution in [0.1, 0.15) is 59.3 Å². The first-order valence-corrected chi connectivity index (χ1v) is 18.2. The van der Waals surface area contributed by atoms with Crippen molar-refractivity contribution >= 4 is 41.2 Å². The van der Waals surface area contributed by atoms with Crippen LogP contribution in [0.25, 0.3) is 22.3 Å². The Labute approximate surface area is 327 Å². The first-order chi connectivity index (χ1) is 26.7. The second-order valence-corrected chi connectivity index (χ2v) is 13.9. The number of fused-ring (bicyclic) bond motifs is 5. The van der Waals surface area contributed by atoms with Gasteiger partial charge in [-0.1, -0.05) is 41.9 Å². The lowest BCUT2D eigenvalue weighted by Gasteiger charge is -2.32. The van der Waals surface area contributed by atoms with E-state index in [1.807, 2.05) is 18.2 Å². The van der Waals surface area contributed by atoms with Gasteiger partial charge in [-0.25, -0.2) is 4.79 Å². The van der Waals surface area contributed by atoms with Crippen molar-refractivity contribution in [3.63, 3.8) is 0 Å². The van der Waals surface area contributed by atoms with Gasteiger partial charge in [0.2, 0.25) is 17.7 Å². The van der Waals surface area contributed by atoms with E-state index in [-0.39, 0.29) is 46.4 Å². The van der Waals surface area contributed by atoms with Crippen LogP contribution >= 0.6 is 11.6 Å². The third kappa shape index (κ3) is 9.26. The molecule has 0 fully saturated rings. The first-order valence-electron chi connectivity index (χ1n) is 17.8. The maximum absolute atomic E-state index is 14.5. The lowest BCUT2D eigenvalue weighted by Crippen LogP contribution is -2.54. The number of hydrogen-bond donors (Lipinski definition) is 7. The van der Waals surface area contributed by atoms with E-state index in [0.29, 0.717) is 30.0 Å². The molecule has 0 saturated carbocycles. The number of hydrogen-bond acceptors (Lipinski definition) is 9. The highest BCUT2D eigenvalue weighted by Crippen LogP contribution is 2.41. The van der Waals surface area contributed by atoms with E-state index in [0.717, 1.165) is 16.0 Å². The monoisotopic (exact) mass is 780 g/mol. The molecule has 4 aromatic rings. The Morgan fingerprint density at radius 1 is 0.946 bits per heavy atom. The van der Waals surface area contributed by atoms with Crippen molar-refractivity contribution in [3.05, 3.63) is 106 Å². The highest BCUT2D eigenvalue weighted by molar-refractivity contribution is 6.30. The molecule has 8 N–H and O–H groups in total. The fraction of sp³-hybridized carbons (Fsp3) is 0.268. The quantitative estimate of drug-likeness (QED) is 0.114. The number of nitrogens with zero attached hydrogens (tertiary/aromatic N) is 2. The van der Waals surface area contributed by atoms with Gasteiger partial charge in [-0.15, -0.1) is 0 Å². The van der Waals surface area contributed by atoms with Gasteiger partial charge in [0.1, 0.15) is 41.7 Å². The number of nitrogens with two attached hydrogens (primary N) is 1. The Morgan fingerprint density at radius 2 is 1.61 bits per heavy atom. The number of amides is 4. The zero-order chi connectivity index (χ0) is 40.7. The van der Waals surface area contributed by atoms with E-state index in [2.05, 4.69) is 16.0 Å². The molecule has 1 heterocycles. The highest BCUT2D eigenvalue weighted by Gasteiger charge is 2.36. The first kappa shape index (κ1) is 40.7. The van der Waals surface area contributed by atoms with Crippen LogP contribution in [0.2, 0.25) is 5.02 Å². The van der Waals surface area contributed by atoms with Gasteiger partial charge < -0.3 is 41.9 Å². The van der Waals surface area contributed by atoms with Crippen LogP contribution in [0.3, 0.4) is 0 Å². The summed E-state index contributed by atoms with van der Waals surface area (Å²) in [4.78, 5) is 68.8. The van der Waals surface area contributed by atoms with Gasteiger partial charge in [-0.05, 0) is 104 Å². The average Bonchev–Trinajstić information content (AvgIpc) is 3.18. The number of rotatable bonds is 10. The molecular formula is C41H41ClN6O8. The van der Waals surface area contributed by atoms with Crippen molar-refractivity contribution in [2.45, 2.75) is 56.8 Å². The Balaban J connectivity index is 1.55. The highest BCUT2D eigenvalue weighted by atomic mass is 35.5. The summed E-state index contributed by atoms with van der Waals surface area (Å²) >= 11 is 6.02. The molecule has 0 radical (unpaired) electrons. The van der Waals surface area contributed by atoms with Crippen molar-refractivity contribution in [3.8, 4) is 39.8 Å². The molecule has 5 rings (SSSR count). The van der Waals surface area contributed by atoms with Gasteiger partial charge >= 0.3 is 5.97 Å². The Hall–Kier alpha value is -6.43. The number of halogens is 1. The van der Waals surface area contributed by atoms with E-state index in [4.69, 9.17) is 17.3 Å². The minimum absolute atomic E-state index is 0.00128. The number of carbonyl (C=O) groups excluding carboxylic acids is 4. The minimum Gasteiger partial charge on any atom is -0.507 e. The maximum Gasteiger partial charge on any atom is 0.326 e. The largest absolute Gasteiger partial charge is 0.507 e. The molecule has 0 unspecified atom stereocenters. The summed E-state index contributed by atoms with van der Waals surface area (Å²) in [5.41, 5.74) is 7.74. The molecule has 4 aromatic carbocycles. The average molecular weight is 781 g/mol. The molecule has 0 spiro atoms. The summed E-state index contributed by atoms with van der Waals surface area (Å²) < 4.78 is 0. The van der Waals surface area contributed by atoms with E-state index in [1.54, 1.807) is 36.4 Å². The topological polar surface area (TPSA) is 235 Å². The number of carboxylic acids is 1. The number of nitriles is 1. The molecule has 0 saturated heterocycles. The van der Waals surface area contributed by atoms with E-state index in [9.17, 15) is 44.6 Å². The Morgan fingerprint density at radius 3 is 2.23 bits per heavy atom. The lowest BCUT2D eigenvalue weighted by molar-refractivity contribution is -0.143. The summed E-state index contributed by atoms with van der Waals surface area (Å²) in [6.07, 6.45) is 0.892. The molecule has 4 bridgehead atoms. The fourth-order valence-corrected chi connectivity index (χ4v) is 6.62. The Bertz CT molecular complexity index is 2190. The predicted octanol–water partition coefficient (Wildman–Crippen LogP) is 4.01. The number of aromatic hydroxyl groups is 2. The molecule has 15 heteroatoms. The van der Waals surface area contributed by atoms with Crippen LogP contribution in [0.15, 0.2) is 78.9 Å². The molecule has 4 atom stereocenters. The SMILES string of the molecule is C[C@@H]1NC(=O)[C@@H](N(C)C(=O)[C@H](CCCCN)NC(=O)c2ccc(-c3ccc(Cl)cc3)cc2)c2cc(C#N)c(O)c(c2)-c2cc(ccc2O)C[C@@H](C(=O)O)NC1=O. The van der Waals surface area contributed by atoms with Crippen LogP contribution in [-0.2, 0) is 25.6 Å². The van der Waals surface area contributed by atoms with Crippen LogP contribution in [0.4, 0.5) is 0 Å². The minimum atomic E-state index is -1.57. The molecule has 0 aromatic heterocycles. The third-order valence-corrected chi connectivity index (χ3v) is 9.84. The number of nitrogens with one attached hydrogen (secondary N) is 3. The van der Waals surface area contributed by atoms with E-state index >= 15 is 0 Å². The van der Waals surface area contributed by atoms with Crippen LogP contribution in [0, 0.1) is 11.3 Å². The van der Waals surface area contributed by atoms with Crippen molar-refractivity contribution in [2.75, 3.05) is 13.6 Å². The van der Waals surface area contributed by atoms with Crippen molar-refractivity contribution in [2.24, 2.45) is 5.73 Å². The number of likely N-dealkylation sites (N-methyl/N-ethyl adjacent to an activating group) is 1. The molecule has 56 heavy (non-hydrogen) atoms. The zero-order valence-electron chi connectivity index (χ0n) is 30.6. The summed E-state index contributed by atoms with van der Waals surface area (Å²) in [7, 11) is 1.32. The number of carbonyl (C=O) groups is 5. The maximum atomic E-state index is 14.5. The van der Waals surface area contributed by atoms with Gasteiger partial charge in [0, 0.05) is 35.2 Å². The Kier molecular flexibility index (Phi) is 13.0. The zero-order valence-corrected chi connectivity index (χ0v) is 31.3. The van der Waals surface area contributed by atoms with Crippen LogP contribution in [0.5, 0.6) is 11.5 Å². The van der Waals surface area contributed by atoms with Crippen LogP contribution in [-0.4, -0.2) is 81.5 Å². The number of phenols is 2. The van der Waals surface area contributed by atoms with Gasteiger partial charge in [0.15, 0.2) is 0 Å². The van der Waals surface area contributed by atoms with Crippen molar-refractivity contribution in [1.29, 1.82) is 5.26 Å². The van der Waals surface area contributed by atoms with Gasteiger partial charge in [0.05, 0.1) is 5.56 Å². The number of benzene rings is 4. The molecule has 4 amide bonds. The lowest BCUT2D eigenvalue weighted by atomic mass is 9.91. The van der Waals surface area contributed by atoms with Crippen molar-refractivity contribution < 1.29 is 39.3 Å². The third-order valence-electron chi connectivity index (χ3n) is 9.58. The van der Waals surface area contributed by atoms with Crippen molar-refractivity contribution in [1.82, 2.24) is 20.9 Å². The standard InChI is InChI=1S/C41H41ClN6O8/c1-22-37(51)47-33(41(55)56)18-23-6-15-34(49)30(17-23)31-20-27(19-28(21-44)36(31)50)35(39(53)45-22)48(2)40(54)32(5-3-4-16-43)46-38(52)26-9-7-24(8-10-26)25-11-13-29(42)14-12-25/h6-15,17,19-20,22,32-33,35,49-50H,3-5,16,18,43H2,1-2H3,(H,45,53)(H,46,52)(H,47,51)(H,55,56)/t22-,32-,33-,35-/m0/s1. The summed E-state index contributed by atoms with van der Waals surface area (Å²) in [6.45, 7) is 1.67. The second-order valence-electron chi connectivity index (χ2n) is 13.5. The number of phenolic OH excluding ortho intramolecular Hbond substituents is 2. The normalized spacial score (nSPS) is 17.3.